The maximum atomic E-state index is 5.71. The third kappa shape index (κ3) is 2.10. The molecule has 2 rings (SSSR count). The zero-order chi connectivity index (χ0) is 9.80. The smallest absolute Gasteiger partial charge is 0.240 e. The Balaban J connectivity index is 1.94. The van der Waals surface area contributed by atoms with Gasteiger partial charge in [0.05, 0.1) is 6.54 Å². The highest BCUT2D eigenvalue weighted by atomic mass is 16.5. The summed E-state index contributed by atoms with van der Waals surface area (Å²) in [4.78, 5) is 6.35. The van der Waals surface area contributed by atoms with E-state index in [1.54, 1.807) is 0 Å². The first-order chi connectivity index (χ1) is 6.90. The van der Waals surface area contributed by atoms with Crippen LogP contribution in [-0.4, -0.2) is 34.2 Å². The predicted molar refractivity (Wildman–Crippen MR) is 51.4 cm³/mol. The van der Waals surface area contributed by atoms with Gasteiger partial charge in [-0.15, -0.1) is 0 Å². The molecule has 0 saturated carbocycles. The summed E-state index contributed by atoms with van der Waals surface area (Å²) in [5.41, 5.74) is 5.71. The molecule has 1 unspecified atom stereocenters. The average Bonchev–Trinajstić information content (AvgIpc) is 2.71. The van der Waals surface area contributed by atoms with Crippen LogP contribution in [0.2, 0.25) is 0 Å². The van der Waals surface area contributed by atoms with E-state index >= 15 is 0 Å². The first kappa shape index (κ1) is 9.61. The van der Waals surface area contributed by atoms with Gasteiger partial charge in [-0.1, -0.05) is 11.6 Å². The molecule has 1 atom stereocenters. The summed E-state index contributed by atoms with van der Waals surface area (Å²) >= 11 is 0. The van der Waals surface area contributed by atoms with Crippen molar-refractivity contribution in [3.63, 3.8) is 0 Å². The molecule has 5 heteroatoms. The van der Waals surface area contributed by atoms with E-state index in [4.69, 9.17) is 10.3 Å². The van der Waals surface area contributed by atoms with Crippen molar-refractivity contribution >= 4 is 0 Å². The standard InChI is InChI=1S/C9H16N4O/c10-5-8-3-1-2-4-13(8)6-9-11-7-12-14-9/h7-8H,1-6,10H2. The zero-order valence-electron chi connectivity index (χ0n) is 8.22. The minimum absolute atomic E-state index is 0.482. The van der Waals surface area contributed by atoms with E-state index in [0.717, 1.165) is 13.1 Å². The van der Waals surface area contributed by atoms with Crippen LogP contribution >= 0.6 is 0 Å². The van der Waals surface area contributed by atoms with Crippen LogP contribution < -0.4 is 5.73 Å². The summed E-state index contributed by atoms with van der Waals surface area (Å²) in [6, 6.07) is 0.482. The van der Waals surface area contributed by atoms with Gasteiger partial charge in [-0.3, -0.25) is 4.90 Å². The fraction of sp³-hybridized carbons (Fsp3) is 0.778. The number of hydrogen-bond acceptors (Lipinski definition) is 5. The van der Waals surface area contributed by atoms with Crippen LogP contribution in [0.5, 0.6) is 0 Å². The highest BCUT2D eigenvalue weighted by molar-refractivity contribution is 4.82. The van der Waals surface area contributed by atoms with Gasteiger partial charge < -0.3 is 10.3 Å². The number of rotatable bonds is 3. The lowest BCUT2D eigenvalue weighted by atomic mass is 10.0. The normalized spacial score (nSPS) is 23.9. The van der Waals surface area contributed by atoms with Crippen molar-refractivity contribution in [3.8, 4) is 0 Å². The Bertz CT molecular complexity index is 262. The fourth-order valence-corrected chi connectivity index (χ4v) is 1.97. The molecular formula is C9H16N4O. The summed E-state index contributed by atoms with van der Waals surface area (Å²) in [5.74, 6) is 0.686. The van der Waals surface area contributed by atoms with Gasteiger partial charge in [0.1, 0.15) is 0 Å². The van der Waals surface area contributed by atoms with Crippen molar-refractivity contribution in [2.24, 2.45) is 5.73 Å². The van der Waals surface area contributed by atoms with Crippen molar-refractivity contribution in [2.75, 3.05) is 13.1 Å². The molecule has 0 aliphatic carbocycles. The maximum Gasteiger partial charge on any atom is 0.240 e. The van der Waals surface area contributed by atoms with Gasteiger partial charge in [0, 0.05) is 12.6 Å². The Morgan fingerprint density at radius 1 is 1.57 bits per heavy atom. The summed E-state index contributed by atoms with van der Waals surface area (Å²) in [6.07, 6.45) is 5.15. The van der Waals surface area contributed by atoms with E-state index in [0.29, 0.717) is 18.5 Å². The van der Waals surface area contributed by atoms with Crippen LogP contribution in [0.25, 0.3) is 0 Å². The van der Waals surface area contributed by atoms with Crippen molar-refractivity contribution < 1.29 is 4.52 Å². The predicted octanol–water partition coefficient (Wildman–Crippen LogP) is 0.383. The van der Waals surface area contributed by atoms with Crippen molar-refractivity contribution in [1.29, 1.82) is 0 Å². The Labute approximate surface area is 83.3 Å². The molecule has 0 aromatic carbocycles. The van der Waals surface area contributed by atoms with E-state index in [1.165, 1.54) is 25.6 Å². The van der Waals surface area contributed by atoms with Crippen LogP contribution in [0.4, 0.5) is 0 Å². The SMILES string of the molecule is NCC1CCCCN1Cc1ncno1. The lowest BCUT2D eigenvalue weighted by Crippen LogP contribution is -2.43. The highest BCUT2D eigenvalue weighted by Crippen LogP contribution is 2.17. The fourth-order valence-electron chi connectivity index (χ4n) is 1.97. The van der Waals surface area contributed by atoms with Gasteiger partial charge in [0.2, 0.25) is 5.89 Å². The summed E-state index contributed by atoms with van der Waals surface area (Å²) < 4.78 is 4.99. The monoisotopic (exact) mass is 196 g/mol. The van der Waals surface area contributed by atoms with Crippen LogP contribution in [0.3, 0.4) is 0 Å². The van der Waals surface area contributed by atoms with Gasteiger partial charge in [-0.25, -0.2) is 0 Å². The topological polar surface area (TPSA) is 68.2 Å². The molecule has 1 saturated heterocycles. The molecule has 2 heterocycles. The summed E-state index contributed by atoms with van der Waals surface area (Å²) in [7, 11) is 0. The number of likely N-dealkylation sites (tertiary alicyclic amines) is 1. The highest BCUT2D eigenvalue weighted by Gasteiger charge is 2.22. The van der Waals surface area contributed by atoms with Crippen molar-refractivity contribution in [2.45, 2.75) is 31.8 Å². The lowest BCUT2D eigenvalue weighted by Gasteiger charge is -2.33. The second kappa shape index (κ2) is 4.52. The Hall–Kier alpha value is -0.940. The van der Waals surface area contributed by atoms with Crippen LogP contribution in [0, 0.1) is 0 Å². The molecule has 2 N–H and O–H groups in total. The van der Waals surface area contributed by atoms with Crippen LogP contribution in [0.1, 0.15) is 25.2 Å². The third-order valence-electron chi connectivity index (χ3n) is 2.77. The number of hydrogen-bond donors (Lipinski definition) is 1. The second-order valence-corrected chi connectivity index (χ2v) is 3.69. The molecule has 0 radical (unpaired) electrons. The Kier molecular flexibility index (Phi) is 3.10. The minimum Gasteiger partial charge on any atom is -0.338 e. The van der Waals surface area contributed by atoms with Crippen molar-refractivity contribution in [1.82, 2.24) is 15.0 Å². The Morgan fingerprint density at radius 3 is 3.21 bits per heavy atom. The van der Waals surface area contributed by atoms with Crippen molar-refractivity contribution in [3.05, 3.63) is 12.2 Å². The molecule has 14 heavy (non-hydrogen) atoms. The number of nitrogens with zero attached hydrogens (tertiary/aromatic N) is 3. The molecule has 1 aliphatic heterocycles. The number of nitrogens with two attached hydrogens (primary N) is 1. The summed E-state index contributed by atoms with van der Waals surface area (Å²) in [5, 5.41) is 3.59. The third-order valence-corrected chi connectivity index (χ3v) is 2.77. The molecule has 1 aliphatic rings. The van der Waals surface area contributed by atoms with Gasteiger partial charge in [0.25, 0.3) is 0 Å². The number of piperidine rings is 1. The molecule has 0 amide bonds. The average molecular weight is 196 g/mol. The van der Waals surface area contributed by atoms with Crippen LogP contribution in [0.15, 0.2) is 10.9 Å². The molecule has 0 spiro atoms. The molecule has 0 bridgehead atoms. The Morgan fingerprint density at radius 2 is 2.50 bits per heavy atom. The zero-order valence-corrected chi connectivity index (χ0v) is 8.22. The molecule has 1 fully saturated rings. The first-order valence-corrected chi connectivity index (χ1v) is 5.10. The van der Waals surface area contributed by atoms with Gasteiger partial charge in [-0.05, 0) is 19.4 Å². The van der Waals surface area contributed by atoms with Crippen LogP contribution in [-0.2, 0) is 6.54 Å². The van der Waals surface area contributed by atoms with E-state index in [9.17, 15) is 0 Å². The van der Waals surface area contributed by atoms with E-state index in [-0.39, 0.29) is 0 Å². The molecular weight excluding hydrogens is 180 g/mol. The van der Waals surface area contributed by atoms with E-state index in [2.05, 4.69) is 15.0 Å². The number of aromatic nitrogens is 2. The quantitative estimate of drug-likeness (QED) is 0.757. The summed E-state index contributed by atoms with van der Waals surface area (Å²) in [6.45, 7) is 2.54. The molecule has 1 aromatic rings. The molecule has 5 nitrogen and oxygen atoms in total. The molecule has 78 valence electrons. The lowest BCUT2D eigenvalue weighted by molar-refractivity contribution is 0.128. The minimum atomic E-state index is 0.482. The van der Waals surface area contributed by atoms with Gasteiger partial charge >= 0.3 is 0 Å². The second-order valence-electron chi connectivity index (χ2n) is 3.69. The first-order valence-electron chi connectivity index (χ1n) is 5.10. The maximum absolute atomic E-state index is 5.71. The van der Waals surface area contributed by atoms with E-state index in [1.807, 2.05) is 0 Å². The largest absolute Gasteiger partial charge is 0.338 e. The molecule has 1 aromatic heterocycles. The van der Waals surface area contributed by atoms with Gasteiger partial charge in [-0.2, -0.15) is 4.98 Å². The van der Waals surface area contributed by atoms with E-state index < -0.39 is 0 Å². The van der Waals surface area contributed by atoms with Gasteiger partial charge in [0.15, 0.2) is 6.33 Å².